The molecule has 7 heteroatoms. The third-order valence-corrected chi connectivity index (χ3v) is 5.04. The van der Waals surface area contributed by atoms with Gasteiger partial charge in [0.1, 0.15) is 16.7 Å². The van der Waals surface area contributed by atoms with Crippen molar-refractivity contribution in [2.75, 3.05) is 0 Å². The van der Waals surface area contributed by atoms with Gasteiger partial charge in [-0.2, -0.15) is 0 Å². The van der Waals surface area contributed by atoms with Crippen LogP contribution in [-0.2, 0) is 4.79 Å². The largest absolute Gasteiger partial charge is 0.368 e. The summed E-state index contributed by atoms with van der Waals surface area (Å²) in [6.07, 6.45) is 0. The number of hydrogen-bond acceptors (Lipinski definition) is 5. The Bertz CT molecular complexity index is 813. The van der Waals surface area contributed by atoms with Crippen molar-refractivity contribution in [2.24, 2.45) is 5.73 Å². The van der Waals surface area contributed by atoms with Crippen molar-refractivity contribution in [1.82, 2.24) is 10.3 Å². The number of carbonyl (C=O) groups is 2. The van der Waals surface area contributed by atoms with Crippen molar-refractivity contribution in [3.8, 4) is 9.88 Å². The number of amides is 2. The van der Waals surface area contributed by atoms with Crippen molar-refractivity contribution in [3.05, 3.63) is 64.5 Å². The van der Waals surface area contributed by atoms with Crippen LogP contribution in [0.5, 0.6) is 0 Å². The monoisotopic (exact) mass is 343 g/mol. The highest BCUT2D eigenvalue weighted by Gasteiger charge is 2.22. The van der Waals surface area contributed by atoms with Gasteiger partial charge in [0.25, 0.3) is 5.91 Å². The summed E-state index contributed by atoms with van der Waals surface area (Å²) in [5, 5.41) is 7.05. The van der Waals surface area contributed by atoms with Gasteiger partial charge in [0.15, 0.2) is 0 Å². The Kier molecular flexibility index (Phi) is 4.50. The van der Waals surface area contributed by atoms with Crippen LogP contribution < -0.4 is 11.1 Å². The number of primary amides is 1. The van der Waals surface area contributed by atoms with Gasteiger partial charge in [-0.15, -0.1) is 22.7 Å². The highest BCUT2D eigenvalue weighted by molar-refractivity contribution is 7.20. The van der Waals surface area contributed by atoms with Gasteiger partial charge in [-0.25, -0.2) is 4.98 Å². The van der Waals surface area contributed by atoms with Crippen molar-refractivity contribution in [3.63, 3.8) is 0 Å². The van der Waals surface area contributed by atoms with Crippen LogP contribution in [0, 0.1) is 0 Å². The van der Waals surface area contributed by atoms with Crippen LogP contribution in [-0.4, -0.2) is 16.8 Å². The molecular formula is C16H13N3O2S2. The Morgan fingerprint density at radius 2 is 1.87 bits per heavy atom. The molecule has 0 fully saturated rings. The Morgan fingerprint density at radius 1 is 1.09 bits per heavy atom. The lowest BCUT2D eigenvalue weighted by molar-refractivity contribution is -0.120. The molecule has 2 aromatic heterocycles. The number of thiazole rings is 1. The van der Waals surface area contributed by atoms with Crippen LogP contribution in [0.25, 0.3) is 9.88 Å². The van der Waals surface area contributed by atoms with Crippen molar-refractivity contribution in [1.29, 1.82) is 0 Å². The molecule has 3 aromatic rings. The van der Waals surface area contributed by atoms with E-state index in [1.165, 1.54) is 11.3 Å². The van der Waals surface area contributed by atoms with E-state index in [-0.39, 0.29) is 5.69 Å². The first-order valence-corrected chi connectivity index (χ1v) is 8.55. The number of carbonyl (C=O) groups excluding carboxylic acids is 2. The molecule has 0 aliphatic carbocycles. The quantitative estimate of drug-likeness (QED) is 0.747. The molecule has 3 rings (SSSR count). The number of hydrogen-bond donors (Lipinski definition) is 2. The summed E-state index contributed by atoms with van der Waals surface area (Å²) < 4.78 is 0. The van der Waals surface area contributed by atoms with Gasteiger partial charge in [-0.1, -0.05) is 36.4 Å². The standard InChI is InChI=1S/C16H13N3O2S2/c17-14(20)13(10-5-2-1-3-6-10)19-15(21)11-9-23-16(18-11)12-7-4-8-22-12/h1-9,13H,(H2,17,20)(H,19,21)/t13-/m0/s1. The molecule has 0 bridgehead atoms. The Labute approximate surface area is 140 Å². The Hall–Kier alpha value is -2.51. The lowest BCUT2D eigenvalue weighted by Crippen LogP contribution is -2.37. The molecule has 116 valence electrons. The van der Waals surface area contributed by atoms with E-state index < -0.39 is 17.9 Å². The number of rotatable bonds is 5. The first kappa shape index (κ1) is 15.4. The highest BCUT2D eigenvalue weighted by Crippen LogP contribution is 2.28. The minimum absolute atomic E-state index is 0.278. The summed E-state index contributed by atoms with van der Waals surface area (Å²) in [4.78, 5) is 29.3. The Balaban J connectivity index is 1.79. The van der Waals surface area contributed by atoms with Gasteiger partial charge in [0.05, 0.1) is 4.88 Å². The van der Waals surface area contributed by atoms with Crippen LogP contribution in [0.3, 0.4) is 0 Å². The molecule has 3 N–H and O–H groups in total. The van der Waals surface area contributed by atoms with Gasteiger partial charge in [-0.05, 0) is 17.0 Å². The first-order valence-electron chi connectivity index (χ1n) is 6.79. The smallest absolute Gasteiger partial charge is 0.271 e. The van der Waals surface area contributed by atoms with Crippen LogP contribution >= 0.6 is 22.7 Å². The SMILES string of the molecule is NC(=O)[C@@H](NC(=O)c1csc(-c2cccs2)n1)c1ccccc1. The number of nitrogens with one attached hydrogen (secondary N) is 1. The second-order valence-electron chi connectivity index (χ2n) is 4.73. The summed E-state index contributed by atoms with van der Waals surface area (Å²) in [7, 11) is 0. The predicted octanol–water partition coefficient (Wildman–Crippen LogP) is 2.83. The molecule has 0 saturated carbocycles. The molecule has 5 nitrogen and oxygen atoms in total. The summed E-state index contributed by atoms with van der Waals surface area (Å²) in [5.41, 5.74) is 6.33. The molecule has 2 amide bonds. The van der Waals surface area contributed by atoms with Crippen molar-refractivity contribution in [2.45, 2.75) is 6.04 Å². The van der Waals surface area contributed by atoms with Gasteiger partial charge in [0, 0.05) is 5.38 Å². The predicted molar refractivity (Wildman–Crippen MR) is 91.3 cm³/mol. The molecule has 2 heterocycles. The lowest BCUT2D eigenvalue weighted by atomic mass is 10.1. The topological polar surface area (TPSA) is 85.1 Å². The molecular weight excluding hydrogens is 330 g/mol. The molecule has 0 unspecified atom stereocenters. The molecule has 1 atom stereocenters. The Morgan fingerprint density at radius 3 is 2.52 bits per heavy atom. The second-order valence-corrected chi connectivity index (χ2v) is 6.54. The third-order valence-electron chi connectivity index (χ3n) is 3.16. The number of nitrogens with zero attached hydrogens (tertiary/aromatic N) is 1. The fourth-order valence-electron chi connectivity index (χ4n) is 2.06. The highest BCUT2D eigenvalue weighted by atomic mass is 32.1. The fourth-order valence-corrected chi connectivity index (χ4v) is 3.67. The van der Waals surface area contributed by atoms with E-state index >= 15 is 0 Å². The van der Waals surface area contributed by atoms with Gasteiger partial charge >= 0.3 is 0 Å². The minimum atomic E-state index is -0.879. The van der Waals surface area contributed by atoms with Gasteiger partial charge in [-0.3, -0.25) is 9.59 Å². The molecule has 1 aromatic carbocycles. The fraction of sp³-hybridized carbons (Fsp3) is 0.0625. The summed E-state index contributed by atoms with van der Waals surface area (Å²) in [5.74, 6) is -1.03. The number of thiophene rings is 1. The normalized spacial score (nSPS) is 11.8. The summed E-state index contributed by atoms with van der Waals surface area (Å²) in [6.45, 7) is 0. The van der Waals surface area contributed by atoms with Crippen LogP contribution in [0.2, 0.25) is 0 Å². The van der Waals surface area contributed by atoms with E-state index in [0.717, 1.165) is 9.88 Å². The first-order chi connectivity index (χ1) is 11.1. The van der Waals surface area contributed by atoms with Gasteiger partial charge in [0.2, 0.25) is 5.91 Å². The molecule has 23 heavy (non-hydrogen) atoms. The third kappa shape index (κ3) is 3.46. The van der Waals surface area contributed by atoms with E-state index in [1.54, 1.807) is 41.0 Å². The van der Waals surface area contributed by atoms with Crippen LogP contribution in [0.1, 0.15) is 22.1 Å². The second kappa shape index (κ2) is 6.72. The maximum Gasteiger partial charge on any atom is 0.271 e. The number of aromatic nitrogens is 1. The van der Waals surface area contributed by atoms with Crippen molar-refractivity contribution >= 4 is 34.5 Å². The minimum Gasteiger partial charge on any atom is -0.368 e. The average molecular weight is 343 g/mol. The lowest BCUT2D eigenvalue weighted by Gasteiger charge is -2.14. The van der Waals surface area contributed by atoms with E-state index in [0.29, 0.717) is 5.56 Å². The number of nitrogens with two attached hydrogens (primary N) is 1. The van der Waals surface area contributed by atoms with E-state index in [1.807, 2.05) is 23.6 Å². The maximum atomic E-state index is 12.3. The van der Waals surface area contributed by atoms with Gasteiger partial charge < -0.3 is 11.1 Å². The maximum absolute atomic E-state index is 12.3. The zero-order chi connectivity index (χ0) is 16.2. The molecule has 0 spiro atoms. The zero-order valence-electron chi connectivity index (χ0n) is 11.9. The molecule has 0 aliphatic heterocycles. The zero-order valence-corrected chi connectivity index (χ0v) is 13.6. The summed E-state index contributed by atoms with van der Waals surface area (Å²) >= 11 is 2.95. The molecule has 0 saturated heterocycles. The number of benzene rings is 1. The van der Waals surface area contributed by atoms with Crippen LogP contribution in [0.15, 0.2) is 53.2 Å². The average Bonchev–Trinajstić information content (AvgIpc) is 3.23. The van der Waals surface area contributed by atoms with E-state index in [2.05, 4.69) is 10.3 Å². The van der Waals surface area contributed by atoms with Crippen LogP contribution in [0.4, 0.5) is 0 Å². The van der Waals surface area contributed by atoms with E-state index in [9.17, 15) is 9.59 Å². The molecule has 0 radical (unpaired) electrons. The summed E-state index contributed by atoms with van der Waals surface area (Å²) in [6, 6.07) is 11.9. The van der Waals surface area contributed by atoms with E-state index in [4.69, 9.17) is 5.73 Å². The molecule has 0 aliphatic rings. The van der Waals surface area contributed by atoms with Crippen molar-refractivity contribution < 1.29 is 9.59 Å².